The molecule has 0 radical (unpaired) electrons. The molecule has 1 aliphatic heterocycles. The molecular formula is C15H19N5O. The molecule has 0 bridgehead atoms. The smallest absolute Gasteiger partial charge is 0.266 e. The molecule has 21 heavy (non-hydrogen) atoms. The second-order valence-corrected chi connectivity index (χ2v) is 5.23. The van der Waals surface area contributed by atoms with E-state index in [-0.39, 0.29) is 0 Å². The summed E-state index contributed by atoms with van der Waals surface area (Å²) in [6, 6.07) is 7.65. The molecule has 0 saturated carbocycles. The quantitative estimate of drug-likeness (QED) is 0.863. The van der Waals surface area contributed by atoms with Gasteiger partial charge in [-0.15, -0.1) is 0 Å². The Morgan fingerprint density at radius 2 is 2.00 bits per heavy atom. The van der Waals surface area contributed by atoms with Gasteiger partial charge in [-0.2, -0.15) is 4.98 Å². The van der Waals surface area contributed by atoms with Crippen molar-refractivity contribution < 1.29 is 4.52 Å². The van der Waals surface area contributed by atoms with E-state index >= 15 is 0 Å². The monoisotopic (exact) mass is 285 g/mol. The van der Waals surface area contributed by atoms with Gasteiger partial charge in [-0.05, 0) is 36.0 Å². The normalized spacial score (nSPS) is 16.7. The molecule has 1 aromatic heterocycles. The lowest BCUT2D eigenvalue weighted by molar-refractivity contribution is 0.309. The van der Waals surface area contributed by atoms with Crippen LogP contribution in [0.1, 0.15) is 11.5 Å². The number of hydrogen-bond donors (Lipinski definition) is 1. The predicted octanol–water partition coefficient (Wildman–Crippen LogP) is 1.57. The van der Waals surface area contributed by atoms with Gasteiger partial charge in [-0.25, -0.2) is 0 Å². The molecule has 0 spiro atoms. The molecule has 1 fully saturated rings. The molecule has 0 unspecified atom stereocenters. The molecule has 6 heteroatoms. The highest BCUT2D eigenvalue weighted by atomic mass is 16.5. The first-order valence-electron chi connectivity index (χ1n) is 7.01. The zero-order valence-corrected chi connectivity index (χ0v) is 12.1. The van der Waals surface area contributed by atoms with E-state index in [1.807, 2.05) is 30.3 Å². The number of piperazine rings is 1. The molecule has 0 amide bonds. The Bertz CT molecular complexity index is 628. The number of nitrogens with zero attached hydrogens (tertiary/aromatic N) is 4. The predicted molar refractivity (Wildman–Crippen MR) is 83.8 cm³/mol. The van der Waals surface area contributed by atoms with E-state index in [1.54, 1.807) is 6.08 Å². The van der Waals surface area contributed by atoms with Crippen LogP contribution in [0.25, 0.3) is 12.2 Å². The van der Waals surface area contributed by atoms with Crippen LogP contribution in [0.3, 0.4) is 0 Å². The molecule has 0 atom stereocenters. The number of nitrogens with two attached hydrogens (primary N) is 1. The summed E-state index contributed by atoms with van der Waals surface area (Å²) in [5.74, 6) is 1.17. The van der Waals surface area contributed by atoms with Crippen molar-refractivity contribution >= 4 is 23.8 Å². The van der Waals surface area contributed by atoms with Crippen LogP contribution in [0.15, 0.2) is 28.8 Å². The van der Waals surface area contributed by atoms with Crippen LogP contribution in [0, 0.1) is 0 Å². The highest BCUT2D eigenvalue weighted by molar-refractivity contribution is 5.68. The Hall–Kier alpha value is -2.34. The molecule has 2 N–H and O–H groups in total. The zero-order valence-electron chi connectivity index (χ0n) is 12.1. The largest absolute Gasteiger partial charge is 0.399 e. The summed E-state index contributed by atoms with van der Waals surface area (Å²) in [7, 11) is 2.12. The summed E-state index contributed by atoms with van der Waals surface area (Å²) < 4.78 is 5.26. The summed E-state index contributed by atoms with van der Waals surface area (Å²) in [6.07, 6.45) is 3.72. The van der Waals surface area contributed by atoms with Gasteiger partial charge >= 0.3 is 0 Å². The maximum Gasteiger partial charge on any atom is 0.266 e. The minimum Gasteiger partial charge on any atom is -0.399 e. The van der Waals surface area contributed by atoms with Crippen LogP contribution in [-0.2, 0) is 0 Å². The first-order chi connectivity index (χ1) is 10.2. The van der Waals surface area contributed by atoms with Crippen LogP contribution in [0.5, 0.6) is 0 Å². The molecule has 1 saturated heterocycles. The molecule has 6 nitrogen and oxygen atoms in total. The Balaban J connectivity index is 1.67. The van der Waals surface area contributed by atoms with Gasteiger partial charge in [0, 0.05) is 37.9 Å². The Morgan fingerprint density at radius 1 is 1.19 bits per heavy atom. The lowest BCUT2D eigenvalue weighted by Gasteiger charge is -2.31. The summed E-state index contributed by atoms with van der Waals surface area (Å²) in [5, 5.41) is 4.04. The third-order valence-corrected chi connectivity index (χ3v) is 3.55. The van der Waals surface area contributed by atoms with Gasteiger partial charge in [0.1, 0.15) is 0 Å². The fourth-order valence-electron chi connectivity index (χ4n) is 2.26. The van der Waals surface area contributed by atoms with Gasteiger partial charge in [-0.1, -0.05) is 12.1 Å². The molecule has 2 heterocycles. The van der Waals surface area contributed by atoms with E-state index in [2.05, 4.69) is 27.0 Å². The van der Waals surface area contributed by atoms with Crippen LogP contribution < -0.4 is 10.6 Å². The summed E-state index contributed by atoms with van der Waals surface area (Å²) in [5.41, 5.74) is 7.49. The van der Waals surface area contributed by atoms with E-state index in [0.717, 1.165) is 37.4 Å². The Labute approximate surface area is 123 Å². The number of likely N-dealkylation sites (N-methyl/N-ethyl adjacent to an activating group) is 1. The standard InChI is InChI=1S/C15H19N5O/c1-19-7-9-20(10-8-19)15-17-14(21-18-15)6-5-12-3-2-4-13(16)11-12/h2-6,11H,7-10,16H2,1H3/b6-5+. The highest BCUT2D eigenvalue weighted by Gasteiger charge is 2.18. The van der Waals surface area contributed by atoms with E-state index in [4.69, 9.17) is 10.3 Å². The van der Waals surface area contributed by atoms with Crippen LogP contribution in [-0.4, -0.2) is 48.3 Å². The van der Waals surface area contributed by atoms with E-state index in [0.29, 0.717) is 11.8 Å². The third kappa shape index (κ3) is 3.41. The third-order valence-electron chi connectivity index (χ3n) is 3.55. The van der Waals surface area contributed by atoms with Crippen molar-refractivity contribution in [1.29, 1.82) is 0 Å². The van der Waals surface area contributed by atoms with Crippen LogP contribution >= 0.6 is 0 Å². The topological polar surface area (TPSA) is 71.4 Å². The second kappa shape index (κ2) is 5.97. The van der Waals surface area contributed by atoms with Crippen molar-refractivity contribution in [2.75, 3.05) is 43.9 Å². The fourth-order valence-corrected chi connectivity index (χ4v) is 2.26. The number of anilines is 2. The average Bonchev–Trinajstić information content (AvgIpc) is 2.95. The fraction of sp³-hybridized carbons (Fsp3) is 0.333. The molecule has 110 valence electrons. The summed E-state index contributed by atoms with van der Waals surface area (Å²) in [6.45, 7) is 3.88. The van der Waals surface area contributed by atoms with Crippen LogP contribution in [0.2, 0.25) is 0 Å². The number of nitrogen functional groups attached to an aromatic ring is 1. The minimum absolute atomic E-state index is 0.506. The SMILES string of the molecule is CN1CCN(c2noc(/C=C/c3cccc(N)c3)n2)CC1. The maximum atomic E-state index is 5.74. The van der Waals surface area contributed by atoms with Crippen molar-refractivity contribution in [3.63, 3.8) is 0 Å². The van der Waals surface area contributed by atoms with E-state index in [1.165, 1.54) is 0 Å². The molecule has 3 rings (SSSR count). The first kappa shape index (κ1) is 13.6. The van der Waals surface area contributed by atoms with Crippen molar-refractivity contribution in [2.24, 2.45) is 0 Å². The van der Waals surface area contributed by atoms with Gasteiger partial charge in [0.15, 0.2) is 0 Å². The molecule has 1 aliphatic rings. The number of rotatable bonds is 3. The molecule has 2 aromatic rings. The highest BCUT2D eigenvalue weighted by Crippen LogP contribution is 2.14. The van der Waals surface area contributed by atoms with E-state index < -0.39 is 0 Å². The van der Waals surface area contributed by atoms with Gasteiger partial charge < -0.3 is 20.1 Å². The summed E-state index contributed by atoms with van der Waals surface area (Å²) in [4.78, 5) is 8.84. The van der Waals surface area contributed by atoms with Gasteiger partial charge in [0.2, 0.25) is 0 Å². The second-order valence-electron chi connectivity index (χ2n) is 5.23. The Kier molecular flexibility index (Phi) is 3.87. The molecular weight excluding hydrogens is 266 g/mol. The average molecular weight is 285 g/mol. The maximum absolute atomic E-state index is 5.74. The van der Waals surface area contributed by atoms with Crippen molar-refractivity contribution in [2.45, 2.75) is 0 Å². The van der Waals surface area contributed by atoms with Crippen molar-refractivity contribution in [3.05, 3.63) is 35.7 Å². The minimum atomic E-state index is 0.506. The lowest BCUT2D eigenvalue weighted by atomic mass is 10.2. The number of aromatic nitrogens is 2. The lowest BCUT2D eigenvalue weighted by Crippen LogP contribution is -2.44. The zero-order chi connectivity index (χ0) is 14.7. The Morgan fingerprint density at radius 3 is 2.76 bits per heavy atom. The van der Waals surface area contributed by atoms with Crippen molar-refractivity contribution in [1.82, 2.24) is 15.0 Å². The molecule has 1 aromatic carbocycles. The van der Waals surface area contributed by atoms with Gasteiger partial charge in [-0.3, -0.25) is 0 Å². The molecule has 0 aliphatic carbocycles. The van der Waals surface area contributed by atoms with Gasteiger partial charge in [0.05, 0.1) is 0 Å². The number of benzene rings is 1. The van der Waals surface area contributed by atoms with Crippen molar-refractivity contribution in [3.8, 4) is 0 Å². The summed E-state index contributed by atoms with van der Waals surface area (Å²) >= 11 is 0. The van der Waals surface area contributed by atoms with Crippen LogP contribution in [0.4, 0.5) is 11.6 Å². The number of hydrogen-bond acceptors (Lipinski definition) is 6. The van der Waals surface area contributed by atoms with Gasteiger partial charge in [0.25, 0.3) is 11.8 Å². The van der Waals surface area contributed by atoms with E-state index in [9.17, 15) is 0 Å². The first-order valence-corrected chi connectivity index (χ1v) is 7.01.